The first-order valence-electron chi connectivity index (χ1n) is 5.66. The third-order valence-corrected chi connectivity index (χ3v) is 3.10. The lowest BCUT2D eigenvalue weighted by Crippen LogP contribution is -2.16. The molecule has 0 fully saturated rings. The van der Waals surface area contributed by atoms with Gasteiger partial charge >= 0.3 is 5.76 Å². The lowest BCUT2D eigenvalue weighted by atomic mass is 10.4. The molecule has 6 nitrogen and oxygen atoms in total. The number of oxazole rings is 1. The zero-order valence-corrected chi connectivity index (χ0v) is 11.4. The van der Waals surface area contributed by atoms with Crippen LogP contribution in [0, 0.1) is 0 Å². The summed E-state index contributed by atoms with van der Waals surface area (Å²) in [6.45, 7) is 0.430. The molecule has 0 aromatic carbocycles. The van der Waals surface area contributed by atoms with Crippen molar-refractivity contribution >= 4 is 27.2 Å². The number of pyridine rings is 1. The minimum absolute atomic E-state index is 0.420. The molecule has 0 saturated heterocycles. The van der Waals surface area contributed by atoms with E-state index >= 15 is 0 Å². The number of rotatable bonds is 3. The second kappa shape index (κ2) is 4.93. The Labute approximate surface area is 116 Å². The molecule has 96 valence electrons. The molecule has 7 heteroatoms. The van der Waals surface area contributed by atoms with Crippen LogP contribution in [0.2, 0.25) is 0 Å². The second-order valence-electron chi connectivity index (χ2n) is 3.89. The SMILES string of the molecule is O=c1oc2ccc(Br)nc2n1CCc1ncccn1. The minimum atomic E-state index is -0.420. The zero-order valence-electron chi connectivity index (χ0n) is 9.78. The molecule has 0 unspecified atom stereocenters. The maximum Gasteiger partial charge on any atom is 0.421 e. The van der Waals surface area contributed by atoms with E-state index in [1.54, 1.807) is 30.6 Å². The summed E-state index contributed by atoms with van der Waals surface area (Å²) in [4.78, 5) is 24.3. The van der Waals surface area contributed by atoms with E-state index in [9.17, 15) is 4.79 Å². The first-order chi connectivity index (χ1) is 9.24. The van der Waals surface area contributed by atoms with Crippen molar-refractivity contribution < 1.29 is 4.42 Å². The van der Waals surface area contributed by atoms with Crippen molar-refractivity contribution in [1.82, 2.24) is 19.5 Å². The van der Waals surface area contributed by atoms with Gasteiger partial charge in [-0.3, -0.25) is 4.57 Å². The summed E-state index contributed by atoms with van der Waals surface area (Å²) in [5.41, 5.74) is 0.998. The summed E-state index contributed by atoms with van der Waals surface area (Å²) in [5, 5.41) is 0. The van der Waals surface area contributed by atoms with Crippen LogP contribution in [0.15, 0.2) is 44.4 Å². The highest BCUT2D eigenvalue weighted by atomic mass is 79.9. The molecule has 0 amide bonds. The first-order valence-corrected chi connectivity index (χ1v) is 6.45. The fourth-order valence-corrected chi connectivity index (χ4v) is 2.09. The van der Waals surface area contributed by atoms with E-state index in [0.717, 1.165) is 0 Å². The number of halogens is 1. The first kappa shape index (κ1) is 12.0. The van der Waals surface area contributed by atoms with Gasteiger partial charge in [0.2, 0.25) is 0 Å². The highest BCUT2D eigenvalue weighted by Crippen LogP contribution is 2.14. The van der Waals surface area contributed by atoms with Crippen molar-refractivity contribution in [3.63, 3.8) is 0 Å². The zero-order chi connectivity index (χ0) is 13.2. The highest BCUT2D eigenvalue weighted by Gasteiger charge is 2.11. The summed E-state index contributed by atoms with van der Waals surface area (Å²) in [7, 11) is 0. The molecule has 0 aliphatic carbocycles. The maximum atomic E-state index is 11.8. The van der Waals surface area contributed by atoms with E-state index in [-0.39, 0.29) is 0 Å². The van der Waals surface area contributed by atoms with Crippen LogP contribution in [0.1, 0.15) is 5.82 Å². The number of nitrogens with zero attached hydrogens (tertiary/aromatic N) is 4. The Kier molecular flexibility index (Phi) is 3.12. The largest absolute Gasteiger partial charge is 0.421 e. The van der Waals surface area contributed by atoms with E-state index in [0.29, 0.717) is 34.6 Å². The molecule has 3 rings (SSSR count). The van der Waals surface area contributed by atoms with E-state index in [2.05, 4.69) is 30.9 Å². The third kappa shape index (κ3) is 2.41. The van der Waals surface area contributed by atoms with E-state index in [1.165, 1.54) is 4.57 Å². The van der Waals surface area contributed by atoms with Crippen LogP contribution < -0.4 is 5.76 Å². The van der Waals surface area contributed by atoms with Gasteiger partial charge in [-0.05, 0) is 34.1 Å². The standard InChI is InChI=1S/C12H9BrN4O2/c13-9-3-2-8-11(16-9)17(12(18)19-8)7-4-10-14-5-1-6-15-10/h1-3,5-6H,4,7H2. The topological polar surface area (TPSA) is 73.8 Å². The predicted octanol–water partition coefficient (Wildman–Crippen LogP) is 1.78. The average molecular weight is 321 g/mol. The number of aromatic nitrogens is 4. The normalized spacial score (nSPS) is 11.0. The number of fused-ring (bicyclic) bond motifs is 1. The van der Waals surface area contributed by atoms with Crippen molar-refractivity contribution in [2.24, 2.45) is 0 Å². The third-order valence-electron chi connectivity index (χ3n) is 2.66. The van der Waals surface area contributed by atoms with Crippen LogP contribution in [-0.4, -0.2) is 19.5 Å². The van der Waals surface area contributed by atoms with Crippen LogP contribution in [0.25, 0.3) is 11.2 Å². The molecule has 0 radical (unpaired) electrons. The molecule has 3 aromatic heterocycles. The van der Waals surface area contributed by atoms with Gasteiger partial charge in [0.15, 0.2) is 11.2 Å². The van der Waals surface area contributed by atoms with Gasteiger partial charge in [0.1, 0.15) is 10.4 Å². The van der Waals surface area contributed by atoms with Gasteiger partial charge in [-0.2, -0.15) is 0 Å². The minimum Gasteiger partial charge on any atom is -0.406 e. The van der Waals surface area contributed by atoms with Crippen molar-refractivity contribution in [1.29, 1.82) is 0 Å². The summed E-state index contributed by atoms with van der Waals surface area (Å²) in [5.74, 6) is 0.260. The summed E-state index contributed by atoms with van der Waals surface area (Å²) in [6.07, 6.45) is 3.89. The monoisotopic (exact) mass is 320 g/mol. The summed E-state index contributed by atoms with van der Waals surface area (Å²) in [6, 6.07) is 5.20. The van der Waals surface area contributed by atoms with E-state index in [4.69, 9.17) is 4.42 Å². The molecule has 0 aliphatic heterocycles. The Morgan fingerprint density at radius 3 is 2.84 bits per heavy atom. The van der Waals surface area contributed by atoms with Gasteiger partial charge in [-0.15, -0.1) is 0 Å². The van der Waals surface area contributed by atoms with Crippen LogP contribution in [-0.2, 0) is 13.0 Å². The molecule has 0 spiro atoms. The lowest BCUT2D eigenvalue weighted by Gasteiger charge is -2.00. The highest BCUT2D eigenvalue weighted by molar-refractivity contribution is 9.10. The Morgan fingerprint density at radius 1 is 1.26 bits per heavy atom. The van der Waals surface area contributed by atoms with Crippen molar-refractivity contribution in [2.45, 2.75) is 13.0 Å². The Morgan fingerprint density at radius 2 is 2.05 bits per heavy atom. The Hall–Kier alpha value is -2.02. The van der Waals surface area contributed by atoms with Crippen LogP contribution in [0.3, 0.4) is 0 Å². The molecule has 3 heterocycles. The van der Waals surface area contributed by atoms with E-state index in [1.807, 2.05) is 0 Å². The Bertz CT molecular complexity index is 766. The number of hydrogen-bond acceptors (Lipinski definition) is 5. The number of aryl methyl sites for hydroxylation is 2. The fraction of sp³-hybridized carbons (Fsp3) is 0.167. The molecular weight excluding hydrogens is 312 g/mol. The van der Waals surface area contributed by atoms with Gasteiger partial charge < -0.3 is 4.42 Å². The quantitative estimate of drug-likeness (QED) is 0.688. The van der Waals surface area contributed by atoms with Gasteiger partial charge in [-0.1, -0.05) is 0 Å². The average Bonchev–Trinajstić information content (AvgIpc) is 2.73. The summed E-state index contributed by atoms with van der Waals surface area (Å²) >= 11 is 3.28. The van der Waals surface area contributed by atoms with Crippen LogP contribution in [0.5, 0.6) is 0 Å². The molecule has 19 heavy (non-hydrogen) atoms. The smallest absolute Gasteiger partial charge is 0.406 e. The van der Waals surface area contributed by atoms with Gasteiger partial charge in [0.05, 0.1) is 0 Å². The fourth-order valence-electron chi connectivity index (χ4n) is 1.79. The lowest BCUT2D eigenvalue weighted by molar-refractivity contribution is 0.502. The molecule has 3 aromatic rings. The molecular formula is C12H9BrN4O2. The van der Waals surface area contributed by atoms with Crippen molar-refractivity contribution in [3.8, 4) is 0 Å². The van der Waals surface area contributed by atoms with E-state index < -0.39 is 5.76 Å². The molecule has 0 N–H and O–H groups in total. The van der Waals surface area contributed by atoms with Crippen molar-refractivity contribution in [2.75, 3.05) is 0 Å². The van der Waals surface area contributed by atoms with Crippen LogP contribution >= 0.6 is 15.9 Å². The van der Waals surface area contributed by atoms with Gasteiger partial charge in [0.25, 0.3) is 0 Å². The molecule has 0 aliphatic rings. The maximum absolute atomic E-state index is 11.8. The molecule has 0 atom stereocenters. The molecule has 0 bridgehead atoms. The van der Waals surface area contributed by atoms with Gasteiger partial charge in [-0.25, -0.2) is 19.7 Å². The van der Waals surface area contributed by atoms with Crippen LogP contribution in [0.4, 0.5) is 0 Å². The van der Waals surface area contributed by atoms with Crippen molar-refractivity contribution in [3.05, 3.63) is 51.6 Å². The number of hydrogen-bond donors (Lipinski definition) is 0. The summed E-state index contributed by atoms with van der Waals surface area (Å²) < 4.78 is 7.27. The predicted molar refractivity (Wildman–Crippen MR) is 71.7 cm³/mol. The Balaban J connectivity index is 1.94. The van der Waals surface area contributed by atoms with Gasteiger partial charge in [0, 0.05) is 25.4 Å². The molecule has 0 saturated carbocycles. The second-order valence-corrected chi connectivity index (χ2v) is 4.70.